The van der Waals surface area contributed by atoms with Crippen molar-refractivity contribution in [2.75, 3.05) is 0 Å². The second-order valence-corrected chi connectivity index (χ2v) is 4.71. The van der Waals surface area contributed by atoms with Gasteiger partial charge in [-0.1, -0.05) is 18.2 Å². The molecule has 0 amide bonds. The Morgan fingerprint density at radius 1 is 1.21 bits per heavy atom. The minimum atomic E-state index is -0.919. The molecular formula is C16H17NO2. The van der Waals surface area contributed by atoms with Crippen LogP contribution in [0.5, 0.6) is 0 Å². The molecule has 3 nitrogen and oxygen atoms in total. The lowest BCUT2D eigenvalue weighted by Gasteiger charge is -2.10. The Kier molecular flexibility index (Phi) is 3.56. The summed E-state index contributed by atoms with van der Waals surface area (Å²) < 4.78 is 2.04. The number of aromatic nitrogens is 1. The van der Waals surface area contributed by atoms with Crippen LogP contribution in [0.25, 0.3) is 11.3 Å². The highest BCUT2D eigenvalue weighted by molar-refractivity contribution is 5.89. The van der Waals surface area contributed by atoms with Crippen molar-refractivity contribution in [1.29, 1.82) is 0 Å². The van der Waals surface area contributed by atoms with Gasteiger partial charge in [0.05, 0.1) is 5.69 Å². The zero-order chi connectivity index (χ0) is 14.0. The lowest BCUT2D eigenvalue weighted by atomic mass is 10.1. The van der Waals surface area contributed by atoms with Crippen molar-refractivity contribution in [3.8, 4) is 5.69 Å². The maximum atomic E-state index is 10.7. The molecule has 0 bridgehead atoms. The third-order valence-corrected chi connectivity index (χ3v) is 3.19. The molecule has 2 aromatic rings. The van der Waals surface area contributed by atoms with E-state index in [2.05, 4.69) is 26.0 Å². The van der Waals surface area contributed by atoms with E-state index in [9.17, 15) is 4.79 Å². The minimum Gasteiger partial charge on any atom is -0.478 e. The van der Waals surface area contributed by atoms with Crippen molar-refractivity contribution in [2.45, 2.75) is 20.8 Å². The average molecular weight is 255 g/mol. The molecule has 98 valence electrons. The Morgan fingerprint density at radius 3 is 2.42 bits per heavy atom. The maximum Gasteiger partial charge on any atom is 0.328 e. The fourth-order valence-electron chi connectivity index (χ4n) is 2.25. The van der Waals surface area contributed by atoms with Gasteiger partial charge in [-0.3, -0.25) is 0 Å². The molecule has 3 heteroatoms. The van der Waals surface area contributed by atoms with Gasteiger partial charge in [-0.25, -0.2) is 4.79 Å². The SMILES string of the molecule is CC(=CC(=O)O)c1ccn(-c2c(C)cccc2C)c1. The van der Waals surface area contributed by atoms with Crippen molar-refractivity contribution in [3.05, 3.63) is 59.4 Å². The molecule has 1 aromatic heterocycles. The Hall–Kier alpha value is -2.29. The minimum absolute atomic E-state index is 0.748. The summed E-state index contributed by atoms with van der Waals surface area (Å²) in [6, 6.07) is 8.11. The third kappa shape index (κ3) is 2.76. The van der Waals surface area contributed by atoms with E-state index in [1.807, 2.05) is 29.1 Å². The largest absolute Gasteiger partial charge is 0.478 e. The van der Waals surface area contributed by atoms with Crippen LogP contribution in [0.4, 0.5) is 0 Å². The smallest absolute Gasteiger partial charge is 0.328 e. The van der Waals surface area contributed by atoms with E-state index >= 15 is 0 Å². The first-order valence-corrected chi connectivity index (χ1v) is 6.15. The standard InChI is InChI=1S/C16H17NO2/c1-11-5-4-6-12(2)16(11)17-8-7-14(10-17)13(3)9-15(18)19/h4-10H,1-3H3,(H,18,19). The van der Waals surface area contributed by atoms with Gasteiger partial charge in [-0.05, 0) is 49.1 Å². The monoisotopic (exact) mass is 255 g/mol. The number of carboxylic acid groups (broad SMARTS) is 1. The topological polar surface area (TPSA) is 42.2 Å². The highest BCUT2D eigenvalue weighted by Crippen LogP contribution is 2.22. The molecular weight excluding hydrogens is 238 g/mol. The number of carbonyl (C=O) groups is 1. The van der Waals surface area contributed by atoms with Gasteiger partial charge >= 0.3 is 5.97 Å². The van der Waals surface area contributed by atoms with Gasteiger partial charge in [-0.2, -0.15) is 0 Å². The quantitative estimate of drug-likeness (QED) is 0.852. The molecule has 1 heterocycles. The second kappa shape index (κ2) is 5.14. The molecule has 0 spiro atoms. The number of hydrogen-bond donors (Lipinski definition) is 1. The van der Waals surface area contributed by atoms with Gasteiger partial charge in [0.1, 0.15) is 0 Å². The zero-order valence-electron chi connectivity index (χ0n) is 11.3. The van der Waals surface area contributed by atoms with Crippen molar-refractivity contribution in [2.24, 2.45) is 0 Å². The van der Waals surface area contributed by atoms with E-state index in [0.717, 1.165) is 16.8 Å². The van der Waals surface area contributed by atoms with Gasteiger partial charge in [0.2, 0.25) is 0 Å². The van der Waals surface area contributed by atoms with Crippen LogP contribution in [0.15, 0.2) is 42.7 Å². The fraction of sp³-hybridized carbons (Fsp3) is 0.188. The summed E-state index contributed by atoms with van der Waals surface area (Å²) in [5.41, 5.74) is 5.21. The Balaban J connectivity index is 2.45. The molecule has 0 aliphatic carbocycles. The molecule has 0 fully saturated rings. The number of allylic oxidation sites excluding steroid dienone is 1. The Morgan fingerprint density at radius 2 is 1.84 bits per heavy atom. The van der Waals surface area contributed by atoms with Gasteiger partial charge < -0.3 is 9.67 Å². The van der Waals surface area contributed by atoms with Crippen molar-refractivity contribution in [1.82, 2.24) is 4.57 Å². The van der Waals surface area contributed by atoms with Crippen LogP contribution < -0.4 is 0 Å². The van der Waals surface area contributed by atoms with E-state index in [-0.39, 0.29) is 0 Å². The van der Waals surface area contributed by atoms with Crippen LogP contribution in [-0.2, 0) is 4.79 Å². The van der Waals surface area contributed by atoms with E-state index in [0.29, 0.717) is 0 Å². The van der Waals surface area contributed by atoms with E-state index < -0.39 is 5.97 Å². The highest BCUT2D eigenvalue weighted by Gasteiger charge is 2.06. The normalized spacial score (nSPS) is 11.6. The summed E-state index contributed by atoms with van der Waals surface area (Å²) in [6.07, 6.45) is 5.15. The van der Waals surface area contributed by atoms with Gasteiger partial charge in [0, 0.05) is 18.5 Å². The van der Waals surface area contributed by atoms with Crippen molar-refractivity contribution in [3.63, 3.8) is 0 Å². The lowest BCUT2D eigenvalue weighted by Crippen LogP contribution is -1.97. The van der Waals surface area contributed by atoms with Crippen LogP contribution in [0.1, 0.15) is 23.6 Å². The number of para-hydroxylation sites is 1. The predicted molar refractivity (Wildman–Crippen MR) is 76.5 cm³/mol. The molecule has 1 N–H and O–H groups in total. The van der Waals surface area contributed by atoms with Gasteiger partial charge in [0.25, 0.3) is 0 Å². The van der Waals surface area contributed by atoms with Crippen LogP contribution >= 0.6 is 0 Å². The summed E-state index contributed by atoms with van der Waals surface area (Å²) in [4.78, 5) is 10.7. The number of aryl methyl sites for hydroxylation is 2. The summed E-state index contributed by atoms with van der Waals surface area (Å²) >= 11 is 0. The van der Waals surface area contributed by atoms with E-state index in [4.69, 9.17) is 5.11 Å². The van der Waals surface area contributed by atoms with E-state index in [1.165, 1.54) is 17.2 Å². The summed E-state index contributed by atoms with van der Waals surface area (Å²) in [5, 5.41) is 8.77. The second-order valence-electron chi connectivity index (χ2n) is 4.71. The number of hydrogen-bond acceptors (Lipinski definition) is 1. The van der Waals surface area contributed by atoms with Crippen LogP contribution in [0, 0.1) is 13.8 Å². The molecule has 2 rings (SSSR count). The molecule has 1 aromatic carbocycles. The molecule has 0 aliphatic rings. The summed E-state index contributed by atoms with van der Waals surface area (Å²) in [5.74, 6) is -0.919. The number of aliphatic carboxylic acids is 1. The fourth-order valence-corrected chi connectivity index (χ4v) is 2.25. The first kappa shape index (κ1) is 13.1. The first-order chi connectivity index (χ1) is 8.99. The van der Waals surface area contributed by atoms with Crippen LogP contribution in [-0.4, -0.2) is 15.6 Å². The Bertz CT molecular complexity index is 630. The molecule has 0 saturated carbocycles. The maximum absolute atomic E-state index is 10.7. The number of benzene rings is 1. The zero-order valence-corrected chi connectivity index (χ0v) is 11.3. The molecule has 0 aliphatic heterocycles. The number of rotatable bonds is 3. The highest BCUT2D eigenvalue weighted by atomic mass is 16.4. The van der Waals surface area contributed by atoms with Gasteiger partial charge in [0.15, 0.2) is 0 Å². The van der Waals surface area contributed by atoms with Crippen molar-refractivity contribution < 1.29 is 9.90 Å². The lowest BCUT2D eigenvalue weighted by molar-refractivity contribution is -0.131. The van der Waals surface area contributed by atoms with Gasteiger partial charge in [-0.15, -0.1) is 0 Å². The number of nitrogens with zero attached hydrogens (tertiary/aromatic N) is 1. The van der Waals surface area contributed by atoms with Crippen LogP contribution in [0.2, 0.25) is 0 Å². The van der Waals surface area contributed by atoms with Crippen LogP contribution in [0.3, 0.4) is 0 Å². The molecule has 0 atom stereocenters. The summed E-state index contributed by atoms with van der Waals surface area (Å²) in [7, 11) is 0. The summed E-state index contributed by atoms with van der Waals surface area (Å²) in [6.45, 7) is 5.95. The third-order valence-electron chi connectivity index (χ3n) is 3.19. The first-order valence-electron chi connectivity index (χ1n) is 6.15. The van der Waals surface area contributed by atoms with E-state index in [1.54, 1.807) is 6.92 Å². The van der Waals surface area contributed by atoms with Crippen molar-refractivity contribution >= 4 is 11.5 Å². The Labute approximate surface area is 112 Å². The molecule has 0 radical (unpaired) electrons. The molecule has 19 heavy (non-hydrogen) atoms. The molecule has 0 saturated heterocycles. The molecule has 0 unspecified atom stereocenters. The average Bonchev–Trinajstić information content (AvgIpc) is 2.77. The number of carboxylic acids is 1. The predicted octanol–water partition coefficient (Wildman–Crippen LogP) is 3.58.